The molecule has 0 spiro atoms. The zero-order valence-electron chi connectivity index (χ0n) is 18.4. The van der Waals surface area contributed by atoms with E-state index in [1.807, 2.05) is 0 Å². The molecule has 28 heavy (non-hydrogen) atoms. The van der Waals surface area contributed by atoms with Gasteiger partial charge in [0.25, 0.3) is 0 Å². The average Bonchev–Trinajstić information content (AvgIpc) is 2.73. The standard InChI is InChI=1S/C27H43F/c1-21-5-17-27(18-6-21)22(2)20-26-15-13-25(14-16-26)12-11-24-9-7-23(8-10-24)4-3-19-28/h3,11-12,19-21,23-27H,4-10,13-18H2,1-2H3/b12-11?,19-3+,22-20?. The third kappa shape index (κ3) is 6.89. The number of allylic oxidation sites excluding steroid dienone is 5. The normalized spacial score (nSPS) is 38.3. The van der Waals surface area contributed by atoms with Gasteiger partial charge < -0.3 is 0 Å². The summed E-state index contributed by atoms with van der Waals surface area (Å²) in [4.78, 5) is 0. The Morgan fingerprint density at radius 2 is 1.29 bits per heavy atom. The van der Waals surface area contributed by atoms with Crippen molar-refractivity contribution in [1.82, 2.24) is 0 Å². The summed E-state index contributed by atoms with van der Waals surface area (Å²) < 4.78 is 12.2. The van der Waals surface area contributed by atoms with Crippen LogP contribution in [0.3, 0.4) is 0 Å². The number of halogens is 1. The first-order valence-corrected chi connectivity index (χ1v) is 12.3. The van der Waals surface area contributed by atoms with Crippen molar-refractivity contribution in [3.63, 3.8) is 0 Å². The molecule has 0 radical (unpaired) electrons. The minimum Gasteiger partial charge on any atom is -0.216 e. The molecule has 0 heterocycles. The molecular formula is C27H43F. The fourth-order valence-electron chi connectivity index (χ4n) is 5.90. The van der Waals surface area contributed by atoms with E-state index in [0.29, 0.717) is 6.33 Å². The second kappa shape index (κ2) is 11.4. The van der Waals surface area contributed by atoms with E-state index < -0.39 is 0 Å². The lowest BCUT2D eigenvalue weighted by atomic mass is 9.76. The SMILES string of the molecule is CC(=CC1CCC(C=CC2CCC(C/C=C/F)CC2)CC1)C1CCC(C)CC1. The topological polar surface area (TPSA) is 0 Å². The highest BCUT2D eigenvalue weighted by Gasteiger charge is 2.23. The predicted molar refractivity (Wildman–Crippen MR) is 120 cm³/mol. The van der Waals surface area contributed by atoms with Crippen molar-refractivity contribution in [2.75, 3.05) is 0 Å². The Kier molecular flexibility index (Phi) is 8.87. The Balaban J connectivity index is 1.36. The van der Waals surface area contributed by atoms with Crippen LogP contribution in [-0.2, 0) is 0 Å². The fourth-order valence-corrected chi connectivity index (χ4v) is 5.90. The van der Waals surface area contributed by atoms with Crippen LogP contribution in [0.25, 0.3) is 0 Å². The molecule has 0 nitrogen and oxygen atoms in total. The Labute approximate surface area is 173 Å². The van der Waals surface area contributed by atoms with Crippen LogP contribution in [0, 0.1) is 35.5 Å². The molecule has 3 aliphatic carbocycles. The molecule has 3 fully saturated rings. The molecule has 0 amide bonds. The molecule has 3 rings (SSSR count). The zero-order chi connectivity index (χ0) is 19.8. The monoisotopic (exact) mass is 386 g/mol. The first-order chi connectivity index (χ1) is 13.6. The lowest BCUT2D eigenvalue weighted by Crippen LogP contribution is -2.16. The molecule has 0 aromatic heterocycles. The van der Waals surface area contributed by atoms with Gasteiger partial charge in [-0.15, -0.1) is 0 Å². The summed E-state index contributed by atoms with van der Waals surface area (Å²) >= 11 is 0. The minimum absolute atomic E-state index is 0.717. The molecule has 3 aliphatic rings. The third-order valence-electron chi connectivity index (χ3n) is 8.08. The zero-order valence-corrected chi connectivity index (χ0v) is 18.4. The quantitative estimate of drug-likeness (QED) is 0.400. The van der Waals surface area contributed by atoms with Crippen molar-refractivity contribution in [2.24, 2.45) is 35.5 Å². The smallest absolute Gasteiger partial charge is 0.0827 e. The van der Waals surface area contributed by atoms with Crippen LogP contribution in [0.15, 0.2) is 36.2 Å². The maximum absolute atomic E-state index is 12.2. The Bertz CT molecular complexity index is 518. The predicted octanol–water partition coefficient (Wildman–Crippen LogP) is 8.80. The molecule has 0 saturated heterocycles. The number of hydrogen-bond acceptors (Lipinski definition) is 0. The molecular weight excluding hydrogens is 343 g/mol. The summed E-state index contributed by atoms with van der Waals surface area (Å²) in [6, 6.07) is 0. The van der Waals surface area contributed by atoms with E-state index in [0.717, 1.165) is 41.9 Å². The molecule has 3 saturated carbocycles. The molecule has 0 N–H and O–H groups in total. The Hall–Kier alpha value is -0.850. The highest BCUT2D eigenvalue weighted by molar-refractivity contribution is 5.08. The van der Waals surface area contributed by atoms with Crippen molar-refractivity contribution >= 4 is 0 Å². The van der Waals surface area contributed by atoms with E-state index in [1.165, 1.54) is 77.0 Å². The average molecular weight is 387 g/mol. The summed E-state index contributed by atoms with van der Waals surface area (Å²) in [5.74, 6) is 4.97. The molecule has 0 bridgehead atoms. The van der Waals surface area contributed by atoms with E-state index in [1.54, 1.807) is 11.6 Å². The van der Waals surface area contributed by atoms with Crippen LogP contribution >= 0.6 is 0 Å². The summed E-state index contributed by atoms with van der Waals surface area (Å²) in [5, 5.41) is 0. The van der Waals surface area contributed by atoms with Gasteiger partial charge in [-0.1, -0.05) is 49.6 Å². The van der Waals surface area contributed by atoms with Gasteiger partial charge in [0.1, 0.15) is 0 Å². The van der Waals surface area contributed by atoms with E-state index in [-0.39, 0.29) is 0 Å². The second-order valence-electron chi connectivity index (χ2n) is 10.3. The van der Waals surface area contributed by atoms with Crippen LogP contribution in [0.4, 0.5) is 4.39 Å². The van der Waals surface area contributed by atoms with Crippen LogP contribution in [0.5, 0.6) is 0 Å². The van der Waals surface area contributed by atoms with Crippen LogP contribution in [0.1, 0.15) is 97.3 Å². The summed E-state index contributed by atoms with van der Waals surface area (Å²) in [7, 11) is 0. The molecule has 0 aromatic carbocycles. The van der Waals surface area contributed by atoms with Crippen LogP contribution < -0.4 is 0 Å². The third-order valence-corrected chi connectivity index (χ3v) is 8.08. The largest absolute Gasteiger partial charge is 0.216 e. The lowest BCUT2D eigenvalue weighted by molar-refractivity contribution is 0.307. The molecule has 1 heteroatoms. The fraction of sp³-hybridized carbons (Fsp3) is 0.778. The van der Waals surface area contributed by atoms with Gasteiger partial charge in [-0.25, -0.2) is 4.39 Å². The highest BCUT2D eigenvalue weighted by atomic mass is 19.1. The lowest BCUT2D eigenvalue weighted by Gasteiger charge is -2.30. The van der Waals surface area contributed by atoms with E-state index in [9.17, 15) is 4.39 Å². The maximum atomic E-state index is 12.2. The second-order valence-corrected chi connectivity index (χ2v) is 10.3. The van der Waals surface area contributed by atoms with Crippen LogP contribution in [0.2, 0.25) is 0 Å². The Morgan fingerprint density at radius 3 is 1.86 bits per heavy atom. The van der Waals surface area contributed by atoms with Crippen molar-refractivity contribution < 1.29 is 4.39 Å². The molecule has 0 atom stereocenters. The van der Waals surface area contributed by atoms with Crippen molar-refractivity contribution in [3.05, 3.63) is 36.2 Å². The molecule has 0 unspecified atom stereocenters. The van der Waals surface area contributed by atoms with E-state index >= 15 is 0 Å². The highest BCUT2D eigenvalue weighted by Crippen LogP contribution is 2.37. The van der Waals surface area contributed by atoms with Gasteiger partial charge in [-0.05, 0) is 113 Å². The summed E-state index contributed by atoms with van der Waals surface area (Å²) in [6.07, 6.45) is 27.5. The van der Waals surface area contributed by atoms with Gasteiger partial charge in [0.05, 0.1) is 6.33 Å². The van der Waals surface area contributed by atoms with Crippen molar-refractivity contribution in [1.29, 1.82) is 0 Å². The Morgan fingerprint density at radius 1 is 0.750 bits per heavy atom. The van der Waals surface area contributed by atoms with Crippen molar-refractivity contribution in [2.45, 2.75) is 97.3 Å². The first kappa shape index (κ1) is 21.8. The van der Waals surface area contributed by atoms with Crippen molar-refractivity contribution in [3.8, 4) is 0 Å². The minimum atomic E-state index is 0.717. The molecule has 0 aromatic rings. The molecule has 158 valence electrons. The van der Waals surface area contributed by atoms with E-state index in [4.69, 9.17) is 0 Å². The van der Waals surface area contributed by atoms with E-state index in [2.05, 4.69) is 32.1 Å². The van der Waals surface area contributed by atoms with Gasteiger partial charge in [0, 0.05) is 0 Å². The van der Waals surface area contributed by atoms with Gasteiger partial charge in [-0.3, -0.25) is 0 Å². The summed E-state index contributed by atoms with van der Waals surface area (Å²) in [5.41, 5.74) is 1.70. The number of hydrogen-bond donors (Lipinski definition) is 0. The molecule has 0 aliphatic heterocycles. The maximum Gasteiger partial charge on any atom is 0.0827 e. The van der Waals surface area contributed by atoms with Crippen LogP contribution in [-0.4, -0.2) is 0 Å². The van der Waals surface area contributed by atoms with Gasteiger partial charge in [0.2, 0.25) is 0 Å². The van der Waals surface area contributed by atoms with Gasteiger partial charge in [-0.2, -0.15) is 0 Å². The first-order valence-electron chi connectivity index (χ1n) is 12.3. The van der Waals surface area contributed by atoms with Gasteiger partial charge >= 0.3 is 0 Å². The summed E-state index contributed by atoms with van der Waals surface area (Å²) in [6.45, 7) is 4.83. The number of rotatable bonds is 6. The van der Waals surface area contributed by atoms with Gasteiger partial charge in [0.15, 0.2) is 0 Å².